The Hall–Kier alpha value is -8.34. The lowest BCUT2D eigenvalue weighted by Gasteiger charge is -2.57. The van der Waals surface area contributed by atoms with Gasteiger partial charge in [0, 0.05) is 33.2 Å². The zero-order valence-corrected chi connectivity index (χ0v) is 34.7. The van der Waals surface area contributed by atoms with Crippen LogP contribution in [0, 0.1) is 0 Å². The summed E-state index contributed by atoms with van der Waals surface area (Å²) in [5, 5.41) is 4.76. The van der Waals surface area contributed by atoms with Crippen LogP contribution in [-0.2, 0) is 10.8 Å². The molecule has 4 heteroatoms. The van der Waals surface area contributed by atoms with E-state index < -0.39 is 10.8 Å². The highest BCUT2D eigenvalue weighted by Crippen LogP contribution is 2.66. The molecule has 0 radical (unpaired) electrons. The van der Waals surface area contributed by atoms with Gasteiger partial charge in [0.1, 0.15) is 11.6 Å². The van der Waals surface area contributed by atoms with E-state index in [0.29, 0.717) is 5.82 Å². The van der Waals surface area contributed by atoms with Gasteiger partial charge >= 0.3 is 0 Å². The standard InChI is InChI=1S/C60H38N4/c1-3-19-40(20-4-1)59-46-27-11-13-29-48(46)60(41-21-5-2-6-22-41,49-30-14-12-28-47(49)59)51-37-39(35-36-50(51)59)58-61-56(63-52-31-15-7-23-42(52)43-24-8-16-32-53(43)63)38-57(62-58)64-54-33-17-9-25-44(54)45-26-10-18-34-55(45)64/h1-38H. The number of rotatable bonds is 5. The Kier molecular flexibility index (Phi) is 7.21. The van der Waals surface area contributed by atoms with E-state index in [1.54, 1.807) is 0 Å². The van der Waals surface area contributed by atoms with Gasteiger partial charge in [0.05, 0.1) is 32.9 Å². The molecule has 3 aromatic heterocycles. The van der Waals surface area contributed by atoms with Crippen LogP contribution >= 0.6 is 0 Å². The van der Waals surface area contributed by atoms with Gasteiger partial charge < -0.3 is 0 Å². The first kappa shape index (κ1) is 35.3. The monoisotopic (exact) mass is 814 g/mol. The molecule has 4 nitrogen and oxygen atoms in total. The lowest BCUT2D eigenvalue weighted by Crippen LogP contribution is -2.51. The summed E-state index contributed by atoms with van der Waals surface area (Å²) in [4.78, 5) is 11.3. The van der Waals surface area contributed by atoms with Crippen molar-refractivity contribution in [1.29, 1.82) is 0 Å². The highest BCUT2D eigenvalue weighted by Gasteiger charge is 2.60. The molecule has 3 aliphatic rings. The van der Waals surface area contributed by atoms with Crippen LogP contribution in [0.3, 0.4) is 0 Å². The molecule has 0 atom stereocenters. The van der Waals surface area contributed by atoms with E-state index in [-0.39, 0.29) is 0 Å². The Morgan fingerprint density at radius 2 is 0.609 bits per heavy atom. The fraction of sp³-hybridized carbons (Fsp3) is 0.0333. The summed E-state index contributed by atoms with van der Waals surface area (Å²) in [6.45, 7) is 0. The summed E-state index contributed by atoms with van der Waals surface area (Å²) in [5.74, 6) is 2.29. The third kappa shape index (κ3) is 4.46. The SMILES string of the molecule is c1ccc(C23c4ccccc4C(c4ccccc4)(c4ccccc42)c2cc(-c4nc(-n5c6ccccc6c6ccccc65)cc(-n5c6ccccc6c6ccccc65)n4)ccc23)cc1. The van der Waals surface area contributed by atoms with Gasteiger partial charge in [0.15, 0.2) is 5.82 Å². The van der Waals surface area contributed by atoms with E-state index in [2.05, 4.69) is 240 Å². The minimum Gasteiger partial charge on any atom is -0.294 e. The summed E-state index contributed by atoms with van der Waals surface area (Å²) in [5.41, 5.74) is 14.5. The van der Waals surface area contributed by atoms with E-state index in [9.17, 15) is 0 Å². The zero-order chi connectivity index (χ0) is 42.0. The number of hydrogen-bond acceptors (Lipinski definition) is 2. The van der Waals surface area contributed by atoms with Gasteiger partial charge in [-0.3, -0.25) is 9.13 Å². The number of nitrogens with zero attached hydrogens (tertiary/aromatic N) is 4. The minimum atomic E-state index is -0.601. The van der Waals surface area contributed by atoms with Gasteiger partial charge in [0.2, 0.25) is 0 Å². The van der Waals surface area contributed by atoms with Gasteiger partial charge in [0.25, 0.3) is 0 Å². The number of para-hydroxylation sites is 4. The highest BCUT2D eigenvalue weighted by atomic mass is 15.1. The van der Waals surface area contributed by atoms with Crippen molar-refractivity contribution in [3.05, 3.63) is 275 Å². The third-order valence-electron chi connectivity index (χ3n) is 14.3. The molecule has 12 aromatic rings. The molecule has 0 unspecified atom stereocenters. The Balaban J connectivity index is 1.11. The molecule has 9 aromatic carbocycles. The second-order valence-electron chi connectivity index (χ2n) is 17.2. The molecular formula is C60H38N4. The molecule has 0 saturated heterocycles. The Bertz CT molecular complexity index is 3570. The normalized spacial score (nSPS) is 17.2. The molecule has 298 valence electrons. The molecule has 64 heavy (non-hydrogen) atoms. The number of fused-ring (bicyclic) bond motifs is 6. The van der Waals surface area contributed by atoms with Crippen molar-refractivity contribution >= 4 is 43.6 Å². The first-order valence-corrected chi connectivity index (χ1v) is 22.1. The average molecular weight is 815 g/mol. The predicted molar refractivity (Wildman–Crippen MR) is 260 cm³/mol. The molecule has 0 N–H and O–H groups in total. The topological polar surface area (TPSA) is 35.6 Å². The van der Waals surface area contributed by atoms with Gasteiger partial charge in [-0.1, -0.05) is 194 Å². The molecule has 0 saturated carbocycles. The largest absolute Gasteiger partial charge is 0.294 e. The summed E-state index contributed by atoms with van der Waals surface area (Å²) >= 11 is 0. The van der Waals surface area contributed by atoms with Gasteiger partial charge in [-0.15, -0.1) is 0 Å². The van der Waals surface area contributed by atoms with Crippen LogP contribution in [0.15, 0.2) is 231 Å². The van der Waals surface area contributed by atoms with E-state index in [4.69, 9.17) is 9.97 Å². The molecule has 0 amide bonds. The quantitative estimate of drug-likeness (QED) is 0.173. The molecule has 0 fully saturated rings. The summed E-state index contributed by atoms with van der Waals surface area (Å²) in [6.07, 6.45) is 0. The lowest BCUT2D eigenvalue weighted by molar-refractivity contribution is 0.557. The van der Waals surface area contributed by atoms with Gasteiger partial charge in [-0.2, -0.15) is 0 Å². The second-order valence-corrected chi connectivity index (χ2v) is 17.2. The summed E-state index contributed by atoms with van der Waals surface area (Å²) in [6, 6.07) is 84.4. The number of aromatic nitrogens is 4. The molecule has 0 spiro atoms. The Labute approximate surface area is 370 Å². The first-order valence-electron chi connectivity index (χ1n) is 22.1. The average Bonchev–Trinajstić information content (AvgIpc) is 3.90. The fourth-order valence-corrected chi connectivity index (χ4v) is 11.9. The van der Waals surface area contributed by atoms with Crippen molar-refractivity contribution in [3.63, 3.8) is 0 Å². The van der Waals surface area contributed by atoms with Crippen LogP contribution in [-0.4, -0.2) is 19.1 Å². The van der Waals surface area contributed by atoms with E-state index in [1.165, 1.54) is 66.1 Å². The van der Waals surface area contributed by atoms with Gasteiger partial charge in [-0.05, 0) is 74.8 Å². The van der Waals surface area contributed by atoms with Crippen molar-refractivity contribution < 1.29 is 0 Å². The van der Waals surface area contributed by atoms with Crippen molar-refractivity contribution in [2.45, 2.75) is 10.8 Å². The van der Waals surface area contributed by atoms with Crippen LogP contribution in [0.1, 0.15) is 44.5 Å². The highest BCUT2D eigenvalue weighted by molar-refractivity contribution is 6.10. The van der Waals surface area contributed by atoms with Crippen molar-refractivity contribution in [2.75, 3.05) is 0 Å². The van der Waals surface area contributed by atoms with Gasteiger partial charge in [-0.25, -0.2) is 9.97 Å². The van der Waals surface area contributed by atoms with Crippen LogP contribution in [0.5, 0.6) is 0 Å². The maximum atomic E-state index is 5.63. The minimum absolute atomic E-state index is 0.543. The second kappa shape index (κ2) is 13.1. The zero-order valence-electron chi connectivity index (χ0n) is 34.7. The number of benzene rings is 9. The molecule has 15 rings (SSSR count). The molecule has 3 aliphatic carbocycles. The smallest absolute Gasteiger partial charge is 0.163 e. The van der Waals surface area contributed by atoms with Crippen LogP contribution in [0.4, 0.5) is 0 Å². The van der Waals surface area contributed by atoms with E-state index >= 15 is 0 Å². The first-order chi connectivity index (χ1) is 31.8. The van der Waals surface area contributed by atoms with Crippen molar-refractivity contribution in [2.24, 2.45) is 0 Å². The van der Waals surface area contributed by atoms with E-state index in [0.717, 1.165) is 39.3 Å². The molecular weight excluding hydrogens is 777 g/mol. The van der Waals surface area contributed by atoms with Crippen molar-refractivity contribution in [1.82, 2.24) is 19.1 Å². The maximum absolute atomic E-state index is 5.63. The summed E-state index contributed by atoms with van der Waals surface area (Å²) < 4.78 is 4.63. The Morgan fingerprint density at radius 3 is 1.02 bits per heavy atom. The van der Waals surface area contributed by atoms with E-state index in [1.807, 2.05) is 0 Å². The van der Waals surface area contributed by atoms with Crippen molar-refractivity contribution in [3.8, 4) is 23.0 Å². The fourth-order valence-electron chi connectivity index (χ4n) is 11.9. The predicted octanol–water partition coefficient (Wildman–Crippen LogP) is 13.7. The lowest BCUT2D eigenvalue weighted by atomic mass is 9.44. The molecule has 3 heterocycles. The summed E-state index contributed by atoms with van der Waals surface area (Å²) in [7, 11) is 0. The number of hydrogen-bond donors (Lipinski definition) is 0. The van der Waals surface area contributed by atoms with Crippen LogP contribution in [0.25, 0.3) is 66.6 Å². The van der Waals surface area contributed by atoms with Crippen LogP contribution < -0.4 is 0 Å². The molecule has 2 bridgehead atoms. The Morgan fingerprint density at radius 1 is 0.281 bits per heavy atom. The third-order valence-corrected chi connectivity index (χ3v) is 14.3. The molecule has 0 aliphatic heterocycles. The maximum Gasteiger partial charge on any atom is 0.163 e. The van der Waals surface area contributed by atoms with Crippen LogP contribution in [0.2, 0.25) is 0 Å².